The molecule has 0 aliphatic carbocycles. The number of halogens is 1. The Morgan fingerprint density at radius 2 is 2.05 bits per heavy atom. The lowest BCUT2D eigenvalue weighted by Crippen LogP contribution is -2.53. The highest BCUT2D eigenvalue weighted by Gasteiger charge is 2.32. The fraction of sp³-hybridized carbons (Fsp3) is 0.385. The molecule has 0 aliphatic rings. The zero-order valence-corrected chi connectivity index (χ0v) is 11.1. The number of anilines is 1. The minimum Gasteiger partial charge on any atom is -0.480 e. The molecule has 1 aromatic rings. The van der Waals surface area contributed by atoms with E-state index < -0.39 is 17.5 Å². The predicted molar refractivity (Wildman–Crippen MR) is 69.6 cm³/mol. The number of amides is 2. The first-order valence-electron chi connectivity index (χ1n) is 5.87. The quantitative estimate of drug-likeness (QED) is 0.785. The molecule has 1 aromatic carbocycles. The minimum absolute atomic E-state index is 0.248. The summed E-state index contributed by atoms with van der Waals surface area (Å²) in [6.45, 7) is 4.66. The van der Waals surface area contributed by atoms with Gasteiger partial charge in [-0.15, -0.1) is 0 Å². The fourth-order valence-electron chi connectivity index (χ4n) is 1.43. The Morgan fingerprint density at radius 3 is 2.53 bits per heavy atom. The first kappa shape index (κ1) is 14.9. The molecule has 0 aliphatic heterocycles. The Balaban J connectivity index is 2.75. The van der Waals surface area contributed by atoms with Gasteiger partial charge in [0, 0.05) is 5.69 Å². The summed E-state index contributed by atoms with van der Waals surface area (Å²) < 4.78 is 13.1. The van der Waals surface area contributed by atoms with Gasteiger partial charge in [-0.1, -0.05) is 6.92 Å². The number of nitrogens with one attached hydrogen (secondary N) is 2. The van der Waals surface area contributed by atoms with Gasteiger partial charge in [0.15, 0.2) is 0 Å². The molecule has 0 bridgehead atoms. The highest BCUT2D eigenvalue weighted by molar-refractivity contribution is 5.93. The number of rotatable bonds is 4. The molecule has 1 atom stereocenters. The summed E-state index contributed by atoms with van der Waals surface area (Å²) in [5.74, 6) is -1.48. The van der Waals surface area contributed by atoms with Gasteiger partial charge in [0.05, 0.1) is 0 Å². The summed E-state index contributed by atoms with van der Waals surface area (Å²) in [5.41, 5.74) is -0.534. The summed E-state index contributed by atoms with van der Waals surface area (Å²) in [5, 5.41) is 13.9. The van der Waals surface area contributed by atoms with Crippen molar-refractivity contribution in [2.24, 2.45) is 0 Å². The first-order valence-corrected chi connectivity index (χ1v) is 5.87. The van der Waals surface area contributed by atoms with Crippen molar-refractivity contribution >= 4 is 17.7 Å². The van der Waals surface area contributed by atoms with Gasteiger partial charge >= 0.3 is 12.0 Å². The van der Waals surface area contributed by atoms with Crippen LogP contribution in [0, 0.1) is 12.7 Å². The molecule has 3 N–H and O–H groups in total. The Bertz CT molecular complexity index is 505. The second-order valence-electron chi connectivity index (χ2n) is 4.53. The molecule has 5 nitrogen and oxygen atoms in total. The number of hydrogen-bond acceptors (Lipinski definition) is 2. The SMILES string of the molecule is CCC(C)(NC(=O)Nc1ccc(F)c(C)c1)C(=O)O. The number of hydrogen-bond donors (Lipinski definition) is 3. The number of carboxylic acid groups (broad SMARTS) is 1. The summed E-state index contributed by atoms with van der Waals surface area (Å²) in [4.78, 5) is 22.8. The van der Waals surface area contributed by atoms with Crippen molar-refractivity contribution < 1.29 is 19.1 Å². The summed E-state index contributed by atoms with van der Waals surface area (Å²) in [6.07, 6.45) is 0.248. The topological polar surface area (TPSA) is 78.4 Å². The lowest BCUT2D eigenvalue weighted by Gasteiger charge is -2.24. The highest BCUT2D eigenvalue weighted by Crippen LogP contribution is 2.14. The molecular formula is C13H17FN2O3. The average molecular weight is 268 g/mol. The molecule has 1 rings (SSSR count). The number of carboxylic acids is 1. The van der Waals surface area contributed by atoms with E-state index in [2.05, 4.69) is 10.6 Å². The van der Waals surface area contributed by atoms with E-state index in [4.69, 9.17) is 5.11 Å². The molecule has 104 valence electrons. The van der Waals surface area contributed by atoms with Gasteiger partial charge in [-0.25, -0.2) is 14.0 Å². The van der Waals surface area contributed by atoms with Crippen molar-refractivity contribution in [2.75, 3.05) is 5.32 Å². The van der Waals surface area contributed by atoms with Gasteiger partial charge in [0.25, 0.3) is 0 Å². The largest absolute Gasteiger partial charge is 0.480 e. The maximum absolute atomic E-state index is 13.1. The van der Waals surface area contributed by atoms with E-state index in [1.54, 1.807) is 13.8 Å². The first-order chi connectivity index (χ1) is 8.78. The Kier molecular flexibility index (Phi) is 4.47. The van der Waals surface area contributed by atoms with Crippen LogP contribution < -0.4 is 10.6 Å². The molecule has 2 amide bonds. The number of urea groups is 1. The van der Waals surface area contributed by atoms with Crippen LogP contribution in [0.25, 0.3) is 0 Å². The van der Waals surface area contributed by atoms with Crippen LogP contribution in [0.3, 0.4) is 0 Å². The Labute approximate surface area is 110 Å². The maximum atomic E-state index is 13.1. The molecule has 0 aromatic heterocycles. The third-order valence-corrected chi connectivity index (χ3v) is 2.98. The Morgan fingerprint density at radius 1 is 1.42 bits per heavy atom. The van der Waals surface area contributed by atoms with Crippen LogP contribution in [0.2, 0.25) is 0 Å². The van der Waals surface area contributed by atoms with Gasteiger partial charge in [0.2, 0.25) is 0 Å². The fourth-order valence-corrected chi connectivity index (χ4v) is 1.43. The van der Waals surface area contributed by atoms with Crippen LogP contribution in [0.1, 0.15) is 25.8 Å². The number of carbonyl (C=O) groups is 2. The standard InChI is InChI=1S/C13H17FN2O3/c1-4-13(3,11(17)18)16-12(19)15-9-5-6-10(14)8(2)7-9/h5-7H,4H2,1-3H3,(H,17,18)(H2,15,16,19). The van der Waals surface area contributed by atoms with Gasteiger partial charge in [-0.05, 0) is 44.0 Å². The predicted octanol–water partition coefficient (Wildman–Crippen LogP) is 2.51. The van der Waals surface area contributed by atoms with E-state index in [0.717, 1.165) is 0 Å². The highest BCUT2D eigenvalue weighted by atomic mass is 19.1. The van der Waals surface area contributed by atoms with E-state index in [1.807, 2.05) is 0 Å². The molecule has 0 fully saturated rings. The van der Waals surface area contributed by atoms with E-state index in [9.17, 15) is 14.0 Å². The molecule has 0 saturated carbocycles. The van der Waals surface area contributed by atoms with Crippen molar-refractivity contribution in [1.29, 1.82) is 0 Å². The number of aryl methyl sites for hydroxylation is 1. The lowest BCUT2D eigenvalue weighted by atomic mass is 10.00. The van der Waals surface area contributed by atoms with Gasteiger partial charge in [-0.2, -0.15) is 0 Å². The van der Waals surface area contributed by atoms with Gasteiger partial charge in [0.1, 0.15) is 11.4 Å². The zero-order chi connectivity index (χ0) is 14.6. The van der Waals surface area contributed by atoms with Crippen molar-refractivity contribution in [3.05, 3.63) is 29.6 Å². The third-order valence-electron chi connectivity index (χ3n) is 2.98. The van der Waals surface area contributed by atoms with Crippen LogP contribution in [0.5, 0.6) is 0 Å². The summed E-state index contributed by atoms with van der Waals surface area (Å²) in [6, 6.07) is 3.48. The number of aliphatic carboxylic acids is 1. The van der Waals surface area contributed by atoms with E-state index in [0.29, 0.717) is 11.3 Å². The van der Waals surface area contributed by atoms with E-state index in [-0.39, 0.29) is 12.2 Å². The average Bonchev–Trinajstić information content (AvgIpc) is 2.33. The zero-order valence-electron chi connectivity index (χ0n) is 11.1. The van der Waals surface area contributed by atoms with Crippen molar-refractivity contribution in [1.82, 2.24) is 5.32 Å². The van der Waals surface area contributed by atoms with Crippen molar-refractivity contribution in [2.45, 2.75) is 32.7 Å². The van der Waals surface area contributed by atoms with Crippen LogP contribution >= 0.6 is 0 Å². The maximum Gasteiger partial charge on any atom is 0.329 e. The normalized spacial score (nSPS) is 13.5. The van der Waals surface area contributed by atoms with Crippen LogP contribution in [0.4, 0.5) is 14.9 Å². The molecule has 0 saturated heterocycles. The molecule has 0 radical (unpaired) electrons. The minimum atomic E-state index is -1.33. The lowest BCUT2D eigenvalue weighted by molar-refractivity contribution is -0.143. The van der Waals surface area contributed by atoms with Crippen LogP contribution in [0.15, 0.2) is 18.2 Å². The van der Waals surface area contributed by atoms with Crippen molar-refractivity contribution in [3.63, 3.8) is 0 Å². The van der Waals surface area contributed by atoms with E-state index >= 15 is 0 Å². The number of benzene rings is 1. The molecule has 0 heterocycles. The van der Waals surface area contributed by atoms with E-state index in [1.165, 1.54) is 25.1 Å². The molecule has 19 heavy (non-hydrogen) atoms. The summed E-state index contributed by atoms with van der Waals surface area (Å²) >= 11 is 0. The second kappa shape index (κ2) is 5.69. The second-order valence-corrected chi connectivity index (χ2v) is 4.53. The smallest absolute Gasteiger partial charge is 0.329 e. The molecular weight excluding hydrogens is 251 g/mol. The molecule has 6 heteroatoms. The summed E-state index contributed by atoms with van der Waals surface area (Å²) in [7, 11) is 0. The molecule has 1 unspecified atom stereocenters. The van der Waals surface area contributed by atoms with Crippen LogP contribution in [-0.4, -0.2) is 22.6 Å². The third kappa shape index (κ3) is 3.67. The van der Waals surface area contributed by atoms with Gasteiger partial charge in [-0.3, -0.25) is 0 Å². The van der Waals surface area contributed by atoms with Gasteiger partial charge < -0.3 is 15.7 Å². The Hall–Kier alpha value is -2.11. The number of carbonyl (C=O) groups excluding carboxylic acids is 1. The molecule has 0 spiro atoms. The van der Waals surface area contributed by atoms with Crippen LogP contribution in [-0.2, 0) is 4.79 Å². The van der Waals surface area contributed by atoms with Crippen molar-refractivity contribution in [3.8, 4) is 0 Å². The monoisotopic (exact) mass is 268 g/mol.